The number of nitrogens with zero attached hydrogens (tertiary/aromatic N) is 4. The minimum absolute atomic E-state index is 0.111. The van der Waals surface area contributed by atoms with Crippen molar-refractivity contribution in [1.82, 2.24) is 20.6 Å². The van der Waals surface area contributed by atoms with Crippen molar-refractivity contribution >= 4 is 28.8 Å². The minimum Gasteiger partial charge on any atom is -0.483 e. The monoisotopic (exact) mass is 472 g/mol. The molecule has 0 fully saturated rings. The summed E-state index contributed by atoms with van der Waals surface area (Å²) in [6, 6.07) is 23.1. The highest BCUT2D eigenvalue weighted by Gasteiger charge is 2.18. The predicted octanol–water partition coefficient (Wildman–Crippen LogP) is 4.63. The van der Waals surface area contributed by atoms with Gasteiger partial charge in [-0.05, 0) is 29.0 Å². The van der Waals surface area contributed by atoms with E-state index in [0.29, 0.717) is 11.3 Å². The van der Waals surface area contributed by atoms with Gasteiger partial charge in [0.15, 0.2) is 11.5 Å². The highest BCUT2D eigenvalue weighted by atomic mass is 35.5. The Hall–Kier alpha value is -4.68. The number of esters is 1. The predicted molar refractivity (Wildman–Crippen MR) is 125 cm³/mol. The molecule has 0 aliphatic heterocycles. The summed E-state index contributed by atoms with van der Waals surface area (Å²) >= 11 is 6.31. The zero-order chi connectivity index (χ0) is 23.8. The first-order valence-corrected chi connectivity index (χ1v) is 10.4. The van der Waals surface area contributed by atoms with Crippen molar-refractivity contribution in [2.24, 2.45) is 0 Å². The summed E-state index contributed by atoms with van der Waals surface area (Å²) < 4.78 is 11.7. The van der Waals surface area contributed by atoms with Crippen molar-refractivity contribution in [3.05, 3.63) is 101 Å². The Morgan fingerprint density at radius 3 is 2.53 bits per heavy atom. The molecule has 0 aliphatic carbocycles. The number of carbonyl (C=O) groups excluding carboxylic acids is 1. The Bertz CT molecular complexity index is 1340. The average Bonchev–Trinajstić information content (AvgIpc) is 3.40. The number of ether oxygens (including phenoxy) is 2. The first-order chi connectivity index (χ1) is 16.6. The van der Waals surface area contributed by atoms with Gasteiger partial charge in [0.2, 0.25) is 5.82 Å². The molecule has 0 atom stereocenters. The third-order valence-electron chi connectivity index (χ3n) is 4.54. The molecule has 2 N–H and O–H groups in total. The van der Waals surface area contributed by atoms with Gasteiger partial charge in [-0.2, -0.15) is 10.5 Å². The van der Waals surface area contributed by atoms with Gasteiger partial charge in [-0.3, -0.25) is 0 Å². The number of hydrogen-bond donors (Lipinski definition) is 2. The van der Waals surface area contributed by atoms with E-state index in [0.717, 1.165) is 5.56 Å². The molecule has 4 rings (SSSR count). The Labute approximate surface area is 199 Å². The van der Waals surface area contributed by atoms with E-state index in [4.69, 9.17) is 21.1 Å². The SMILES string of the molecule is N#CC(=CNc1cc(Cl)cc(OC(=O)c2ccccc2)c1OCc1ccccc1)c1nn[nH]n1. The van der Waals surface area contributed by atoms with Crippen molar-refractivity contribution < 1.29 is 14.3 Å². The lowest BCUT2D eigenvalue weighted by atomic mass is 10.2. The molecule has 168 valence electrons. The van der Waals surface area contributed by atoms with Crippen LogP contribution in [-0.4, -0.2) is 26.6 Å². The van der Waals surface area contributed by atoms with Crippen LogP contribution >= 0.6 is 11.6 Å². The summed E-state index contributed by atoms with van der Waals surface area (Å²) in [5.41, 5.74) is 1.76. The molecule has 1 heterocycles. The molecule has 10 heteroatoms. The van der Waals surface area contributed by atoms with Gasteiger partial charge in [-0.1, -0.05) is 60.1 Å². The van der Waals surface area contributed by atoms with E-state index in [1.54, 1.807) is 36.4 Å². The summed E-state index contributed by atoms with van der Waals surface area (Å²) in [4.78, 5) is 12.7. The van der Waals surface area contributed by atoms with Gasteiger partial charge in [-0.25, -0.2) is 4.79 Å². The molecular formula is C24H17ClN6O3. The van der Waals surface area contributed by atoms with Gasteiger partial charge < -0.3 is 14.8 Å². The van der Waals surface area contributed by atoms with Gasteiger partial charge in [0.25, 0.3) is 0 Å². The van der Waals surface area contributed by atoms with Gasteiger partial charge in [0, 0.05) is 17.3 Å². The first kappa shape index (κ1) is 22.5. The van der Waals surface area contributed by atoms with Crippen LogP contribution < -0.4 is 14.8 Å². The molecule has 0 amide bonds. The van der Waals surface area contributed by atoms with E-state index >= 15 is 0 Å². The minimum atomic E-state index is -0.571. The van der Waals surface area contributed by atoms with E-state index in [2.05, 4.69) is 25.9 Å². The number of aromatic amines is 1. The fourth-order valence-corrected chi connectivity index (χ4v) is 3.14. The second kappa shape index (κ2) is 10.8. The van der Waals surface area contributed by atoms with Crippen molar-refractivity contribution in [3.8, 4) is 17.6 Å². The van der Waals surface area contributed by atoms with Crippen LogP contribution in [0.3, 0.4) is 0 Å². The van der Waals surface area contributed by atoms with Gasteiger partial charge in [-0.15, -0.1) is 10.2 Å². The summed E-state index contributed by atoms with van der Waals surface area (Å²) in [7, 11) is 0. The smallest absolute Gasteiger partial charge is 0.343 e. The maximum atomic E-state index is 12.7. The molecule has 0 radical (unpaired) electrons. The van der Waals surface area contributed by atoms with Crippen molar-refractivity contribution in [1.29, 1.82) is 5.26 Å². The molecule has 0 unspecified atom stereocenters. The molecule has 0 bridgehead atoms. The summed E-state index contributed by atoms with van der Waals surface area (Å²) in [5, 5.41) is 26.1. The molecular weight excluding hydrogens is 456 g/mol. The van der Waals surface area contributed by atoms with Crippen LogP contribution in [-0.2, 0) is 6.61 Å². The van der Waals surface area contributed by atoms with Crippen molar-refractivity contribution in [2.75, 3.05) is 5.32 Å². The van der Waals surface area contributed by atoms with Crippen molar-refractivity contribution in [3.63, 3.8) is 0 Å². The summed E-state index contributed by atoms with van der Waals surface area (Å²) in [6.07, 6.45) is 1.38. The van der Waals surface area contributed by atoms with E-state index in [9.17, 15) is 10.1 Å². The average molecular weight is 473 g/mol. The number of rotatable bonds is 8. The zero-order valence-corrected chi connectivity index (χ0v) is 18.4. The quantitative estimate of drug-likeness (QED) is 0.216. The molecule has 0 saturated heterocycles. The fraction of sp³-hybridized carbons (Fsp3) is 0.0417. The lowest BCUT2D eigenvalue weighted by Gasteiger charge is -2.17. The Balaban J connectivity index is 1.68. The van der Waals surface area contributed by atoms with Crippen LogP contribution in [0, 0.1) is 11.3 Å². The van der Waals surface area contributed by atoms with Crippen LogP contribution in [0.15, 0.2) is 79.0 Å². The van der Waals surface area contributed by atoms with Gasteiger partial charge >= 0.3 is 5.97 Å². The van der Waals surface area contributed by atoms with Gasteiger partial charge in [0.05, 0.1) is 11.3 Å². The Kier molecular flexibility index (Phi) is 7.12. The van der Waals surface area contributed by atoms with E-state index in [1.807, 2.05) is 36.4 Å². The Morgan fingerprint density at radius 1 is 1.12 bits per heavy atom. The van der Waals surface area contributed by atoms with Crippen LogP contribution in [0.1, 0.15) is 21.7 Å². The standard InChI is InChI=1S/C24H17ClN6O3/c25-19-11-20(27-14-18(13-26)23-28-30-31-29-23)22(33-15-16-7-3-1-4-8-16)21(12-19)34-24(32)17-9-5-2-6-10-17/h1-12,14,27H,15H2,(H,28,29,30,31). The number of hydrogen-bond acceptors (Lipinski definition) is 8. The Morgan fingerprint density at radius 2 is 1.85 bits per heavy atom. The number of H-pyrrole nitrogens is 1. The van der Waals surface area contributed by atoms with E-state index < -0.39 is 5.97 Å². The van der Waals surface area contributed by atoms with E-state index in [1.165, 1.54) is 12.3 Å². The molecule has 4 aromatic rings. The highest BCUT2D eigenvalue weighted by molar-refractivity contribution is 6.31. The number of tetrazole rings is 1. The second-order valence-electron chi connectivity index (χ2n) is 6.86. The molecule has 0 aliphatic rings. The lowest BCUT2D eigenvalue weighted by Crippen LogP contribution is -2.10. The molecule has 1 aromatic heterocycles. The topological polar surface area (TPSA) is 126 Å². The number of nitriles is 1. The van der Waals surface area contributed by atoms with Crippen LogP contribution in [0.5, 0.6) is 11.5 Å². The van der Waals surface area contributed by atoms with Crippen LogP contribution in [0.2, 0.25) is 5.02 Å². The number of allylic oxidation sites excluding steroid dienone is 1. The van der Waals surface area contributed by atoms with Crippen molar-refractivity contribution in [2.45, 2.75) is 6.61 Å². The number of aromatic nitrogens is 4. The van der Waals surface area contributed by atoms with E-state index in [-0.39, 0.29) is 34.5 Å². The highest BCUT2D eigenvalue weighted by Crippen LogP contribution is 2.40. The number of anilines is 1. The first-order valence-electron chi connectivity index (χ1n) is 10.0. The lowest BCUT2D eigenvalue weighted by molar-refractivity contribution is 0.0728. The second-order valence-corrected chi connectivity index (χ2v) is 7.30. The molecule has 3 aromatic carbocycles. The fourth-order valence-electron chi connectivity index (χ4n) is 2.94. The maximum absolute atomic E-state index is 12.7. The largest absolute Gasteiger partial charge is 0.483 e. The molecule has 34 heavy (non-hydrogen) atoms. The third-order valence-corrected chi connectivity index (χ3v) is 4.75. The summed E-state index contributed by atoms with van der Waals surface area (Å²) in [5.74, 6) is -0.108. The maximum Gasteiger partial charge on any atom is 0.343 e. The normalized spacial score (nSPS) is 10.9. The molecule has 9 nitrogen and oxygen atoms in total. The third kappa shape index (κ3) is 5.56. The number of carbonyl (C=O) groups is 1. The summed E-state index contributed by atoms with van der Waals surface area (Å²) in [6.45, 7) is 0.201. The van der Waals surface area contributed by atoms with Gasteiger partial charge in [0.1, 0.15) is 18.2 Å². The molecule has 0 saturated carbocycles. The number of nitrogens with one attached hydrogen (secondary N) is 2. The number of benzene rings is 3. The zero-order valence-electron chi connectivity index (χ0n) is 17.6. The number of halogens is 1. The van der Waals surface area contributed by atoms with Crippen LogP contribution in [0.4, 0.5) is 5.69 Å². The van der Waals surface area contributed by atoms with Crippen LogP contribution in [0.25, 0.3) is 5.57 Å². The molecule has 0 spiro atoms.